The molecule has 1 aliphatic carbocycles. The Kier molecular flexibility index (Phi) is 7.13. The van der Waals surface area contributed by atoms with Crippen LogP contribution in [0.4, 0.5) is 21.9 Å². The first-order valence-electron chi connectivity index (χ1n) is 12.4. The number of carbonyl (C=O) groups is 1. The minimum atomic E-state index is -0.301. The van der Waals surface area contributed by atoms with Gasteiger partial charge in [0.15, 0.2) is 0 Å². The minimum absolute atomic E-state index is 0. The highest BCUT2D eigenvalue weighted by atomic mass is 16.5. The summed E-state index contributed by atoms with van der Waals surface area (Å²) >= 11 is 0. The van der Waals surface area contributed by atoms with Gasteiger partial charge in [-0.3, -0.25) is 4.90 Å². The van der Waals surface area contributed by atoms with Gasteiger partial charge in [0, 0.05) is 50.4 Å². The molecule has 5 rings (SSSR count). The van der Waals surface area contributed by atoms with Crippen LogP contribution in [0.25, 0.3) is 0 Å². The number of hydrogen-bond donors (Lipinski definition) is 3. The van der Waals surface area contributed by atoms with E-state index in [1.165, 1.54) is 12.8 Å². The Hall–Kier alpha value is -3.59. The Morgan fingerprint density at radius 1 is 1.11 bits per heavy atom. The van der Waals surface area contributed by atoms with E-state index in [0.29, 0.717) is 17.6 Å². The molecule has 0 spiro atoms. The van der Waals surface area contributed by atoms with Crippen LogP contribution in [-0.2, 0) is 6.54 Å². The summed E-state index contributed by atoms with van der Waals surface area (Å²) in [6.07, 6.45) is 11.3. The van der Waals surface area contributed by atoms with Crippen LogP contribution in [0.2, 0.25) is 0 Å². The molecular weight excluding hydrogens is 442 g/mol. The fraction of sp³-hybridized carbons (Fsp3) is 0.423. The van der Waals surface area contributed by atoms with Gasteiger partial charge in [0.05, 0.1) is 18.4 Å². The summed E-state index contributed by atoms with van der Waals surface area (Å²) in [6, 6.07) is 11.8. The number of imidazole rings is 1. The van der Waals surface area contributed by atoms with Gasteiger partial charge < -0.3 is 25.3 Å². The maximum absolute atomic E-state index is 12.4. The van der Waals surface area contributed by atoms with Crippen LogP contribution in [0, 0.1) is 0 Å². The van der Waals surface area contributed by atoms with Gasteiger partial charge in [-0.25, -0.2) is 14.8 Å². The zero-order valence-corrected chi connectivity index (χ0v) is 20.1. The van der Waals surface area contributed by atoms with Gasteiger partial charge in [-0.15, -0.1) is 0 Å². The Balaban J connectivity index is 0.00000304. The molecule has 3 aromatic rings. The molecule has 2 fully saturated rings. The van der Waals surface area contributed by atoms with Crippen LogP contribution in [0.5, 0.6) is 5.88 Å². The molecule has 9 nitrogen and oxygen atoms in total. The molecule has 3 N–H and O–H groups in total. The monoisotopic (exact) mass is 477 g/mol. The summed E-state index contributed by atoms with van der Waals surface area (Å²) in [7, 11) is 2.15. The van der Waals surface area contributed by atoms with Crippen molar-refractivity contribution in [3.63, 3.8) is 0 Å². The zero-order chi connectivity index (χ0) is 24.0. The van der Waals surface area contributed by atoms with Crippen LogP contribution in [-0.4, -0.2) is 58.2 Å². The van der Waals surface area contributed by atoms with Crippen LogP contribution >= 0.6 is 0 Å². The molecular formula is C26H35N7O2. The van der Waals surface area contributed by atoms with Crippen molar-refractivity contribution in [3.8, 4) is 5.88 Å². The van der Waals surface area contributed by atoms with E-state index in [4.69, 9.17) is 4.74 Å². The number of anilines is 3. The number of aromatic amines is 1. The molecule has 1 aliphatic heterocycles. The summed E-state index contributed by atoms with van der Waals surface area (Å²) < 4.78 is 5.88. The largest absolute Gasteiger partial charge is 0.474 e. The molecule has 1 unspecified atom stereocenters. The normalized spacial score (nSPS) is 18.2. The predicted octanol–water partition coefficient (Wildman–Crippen LogP) is 4.73. The maximum Gasteiger partial charge on any atom is 0.323 e. The number of likely N-dealkylation sites (N-methyl/N-ethyl adjacent to an activating group) is 1. The SMILES string of the molecule is CN(Cc1ncc[nH]1)C1CCN(c2ccc(NC(=O)Nc3ccc(OC4CCCC4)nc3)cc2)C1.[HH]. The molecule has 0 radical (unpaired) electrons. The quantitative estimate of drug-likeness (QED) is 0.434. The Bertz CT molecular complexity index is 1090. The van der Waals surface area contributed by atoms with E-state index in [2.05, 4.69) is 54.6 Å². The minimum Gasteiger partial charge on any atom is -0.474 e. The van der Waals surface area contributed by atoms with Crippen molar-refractivity contribution in [2.24, 2.45) is 0 Å². The molecule has 186 valence electrons. The first kappa shape index (κ1) is 23.2. The van der Waals surface area contributed by atoms with E-state index in [9.17, 15) is 4.79 Å². The van der Waals surface area contributed by atoms with Crippen molar-refractivity contribution < 1.29 is 11.0 Å². The number of hydrogen-bond acceptors (Lipinski definition) is 6. The number of H-pyrrole nitrogens is 1. The lowest BCUT2D eigenvalue weighted by molar-refractivity contribution is 0.201. The summed E-state index contributed by atoms with van der Waals surface area (Å²) in [5, 5.41) is 5.71. The van der Waals surface area contributed by atoms with E-state index in [-0.39, 0.29) is 13.6 Å². The fourth-order valence-corrected chi connectivity index (χ4v) is 4.84. The van der Waals surface area contributed by atoms with Gasteiger partial charge in [-0.1, -0.05) is 0 Å². The van der Waals surface area contributed by atoms with Crippen molar-refractivity contribution in [3.05, 3.63) is 60.8 Å². The van der Waals surface area contributed by atoms with Gasteiger partial charge >= 0.3 is 6.03 Å². The van der Waals surface area contributed by atoms with E-state index >= 15 is 0 Å². The van der Waals surface area contributed by atoms with E-state index in [1.54, 1.807) is 18.5 Å². The van der Waals surface area contributed by atoms with Crippen LogP contribution in [0.1, 0.15) is 39.4 Å². The molecule has 35 heavy (non-hydrogen) atoms. The summed E-state index contributed by atoms with van der Waals surface area (Å²) in [4.78, 5) is 29.0. The van der Waals surface area contributed by atoms with Gasteiger partial charge in [0.2, 0.25) is 5.88 Å². The summed E-state index contributed by atoms with van der Waals surface area (Å²) in [5.41, 5.74) is 2.53. The van der Waals surface area contributed by atoms with Gasteiger partial charge in [0.1, 0.15) is 11.9 Å². The topological polar surface area (TPSA) is 98.4 Å². The first-order valence-corrected chi connectivity index (χ1v) is 12.4. The summed E-state index contributed by atoms with van der Waals surface area (Å²) in [6.45, 7) is 2.79. The highest BCUT2D eigenvalue weighted by Gasteiger charge is 2.26. The molecule has 2 amide bonds. The molecule has 2 aromatic heterocycles. The number of nitrogens with one attached hydrogen (secondary N) is 3. The zero-order valence-electron chi connectivity index (χ0n) is 20.1. The van der Waals surface area contributed by atoms with Gasteiger partial charge in [-0.2, -0.15) is 0 Å². The number of pyridine rings is 1. The number of benzene rings is 1. The molecule has 1 aromatic carbocycles. The number of nitrogens with zero attached hydrogens (tertiary/aromatic N) is 4. The number of amides is 2. The standard InChI is InChI=1S/C26H33N7O2.H2/c1-32(18-24-27-13-14-28-24)22-12-15-33(17-22)21-9-6-19(7-10-21)30-26(34)31-20-8-11-25(29-16-20)35-23-4-2-3-5-23;/h6-11,13-14,16,22-23H,2-5,12,15,17-18H2,1H3,(H,27,28)(H2,30,31,34);1H. The Labute approximate surface area is 207 Å². The van der Waals surface area contributed by atoms with E-state index in [1.807, 2.05) is 24.4 Å². The Morgan fingerprint density at radius 3 is 2.60 bits per heavy atom. The van der Waals surface area contributed by atoms with Crippen LogP contribution in [0.15, 0.2) is 55.0 Å². The molecule has 2 aliphatic rings. The maximum atomic E-state index is 12.4. The second-order valence-corrected chi connectivity index (χ2v) is 9.37. The van der Waals surface area contributed by atoms with E-state index < -0.39 is 0 Å². The molecule has 3 heterocycles. The first-order chi connectivity index (χ1) is 17.1. The smallest absolute Gasteiger partial charge is 0.323 e. The molecule has 9 heteroatoms. The van der Waals surface area contributed by atoms with Crippen molar-refractivity contribution in [1.29, 1.82) is 0 Å². The average molecular weight is 478 g/mol. The lowest BCUT2D eigenvalue weighted by Gasteiger charge is -2.24. The van der Waals surface area contributed by atoms with Crippen LogP contribution < -0.4 is 20.3 Å². The molecule has 0 bridgehead atoms. The molecule has 1 saturated heterocycles. The summed E-state index contributed by atoms with van der Waals surface area (Å²) in [5.74, 6) is 1.60. The number of urea groups is 1. The second-order valence-electron chi connectivity index (χ2n) is 9.37. The third-order valence-corrected chi connectivity index (χ3v) is 6.81. The highest BCUT2D eigenvalue weighted by Crippen LogP contribution is 2.25. The lowest BCUT2D eigenvalue weighted by atomic mass is 10.2. The fourth-order valence-electron chi connectivity index (χ4n) is 4.84. The molecule has 1 saturated carbocycles. The molecule has 1 atom stereocenters. The van der Waals surface area contributed by atoms with Crippen molar-refractivity contribution in [2.45, 2.75) is 50.8 Å². The van der Waals surface area contributed by atoms with Crippen molar-refractivity contribution >= 4 is 23.1 Å². The number of ether oxygens (including phenoxy) is 1. The number of carbonyl (C=O) groups excluding carboxylic acids is 1. The predicted molar refractivity (Wildman–Crippen MR) is 139 cm³/mol. The van der Waals surface area contributed by atoms with Gasteiger partial charge in [-0.05, 0) is 69.5 Å². The Morgan fingerprint density at radius 2 is 1.89 bits per heavy atom. The van der Waals surface area contributed by atoms with Crippen LogP contribution in [0.3, 0.4) is 0 Å². The third kappa shape index (κ3) is 6.10. The van der Waals surface area contributed by atoms with E-state index in [0.717, 1.165) is 56.1 Å². The number of rotatable bonds is 8. The van der Waals surface area contributed by atoms with Crippen molar-refractivity contribution in [2.75, 3.05) is 35.7 Å². The number of aromatic nitrogens is 3. The average Bonchev–Trinajstić information content (AvgIpc) is 3.64. The lowest BCUT2D eigenvalue weighted by Crippen LogP contribution is -2.34. The third-order valence-electron chi connectivity index (χ3n) is 6.81. The van der Waals surface area contributed by atoms with Gasteiger partial charge in [0.25, 0.3) is 0 Å². The second kappa shape index (κ2) is 10.8. The van der Waals surface area contributed by atoms with Crippen molar-refractivity contribution in [1.82, 2.24) is 19.9 Å². The highest BCUT2D eigenvalue weighted by molar-refractivity contribution is 5.99.